The van der Waals surface area contributed by atoms with E-state index in [1.807, 2.05) is 0 Å². The zero-order valence-electron chi connectivity index (χ0n) is 30.0. The van der Waals surface area contributed by atoms with E-state index in [1.54, 1.807) is 0 Å². The Morgan fingerprint density at radius 1 is 0.769 bits per heavy atom. The third-order valence-corrected chi connectivity index (χ3v) is 14.7. The monoisotopic (exact) mass is 766 g/mol. The van der Waals surface area contributed by atoms with Crippen LogP contribution in [0, 0.1) is 34.5 Å². The lowest BCUT2D eigenvalue weighted by atomic mass is 9.49. The maximum absolute atomic E-state index is 15.1. The predicted molar refractivity (Wildman–Crippen MR) is 195 cm³/mol. The number of rotatable bonds is 10. The molecule has 0 aliphatic heterocycles. The first-order valence-electron chi connectivity index (χ1n) is 17.8. The smallest absolute Gasteiger partial charge is 0.435 e. The number of carbonyl (C=O) groups is 1. The summed E-state index contributed by atoms with van der Waals surface area (Å²) in [5.41, 5.74) is -6.97. The molecule has 1 N–H and O–H groups in total. The van der Waals surface area contributed by atoms with Gasteiger partial charge in [-0.3, -0.25) is 9.35 Å². The van der Waals surface area contributed by atoms with Gasteiger partial charge in [-0.2, -0.15) is 30.4 Å². The maximum atomic E-state index is 15.1. The molecule has 0 aromatic heterocycles. The van der Waals surface area contributed by atoms with E-state index in [2.05, 4.69) is 91.0 Å². The molecule has 7 rings (SSSR count). The Balaban J connectivity index is 0.000000231. The van der Waals surface area contributed by atoms with Crippen LogP contribution in [-0.4, -0.2) is 36.0 Å². The topological polar surface area (TPSA) is 80.7 Å². The molecule has 4 bridgehead atoms. The van der Waals surface area contributed by atoms with Crippen LogP contribution in [0.15, 0.2) is 91.0 Å². The van der Waals surface area contributed by atoms with Crippen LogP contribution in [0.25, 0.3) is 0 Å². The van der Waals surface area contributed by atoms with Crippen LogP contribution in [-0.2, 0) is 19.6 Å². The molecule has 3 aromatic rings. The molecule has 284 valence electrons. The second-order valence-corrected chi connectivity index (χ2v) is 19.6. The summed E-state index contributed by atoms with van der Waals surface area (Å²) in [5, 5.41) is -1.59. The van der Waals surface area contributed by atoms with E-state index in [-0.39, 0.29) is 43.4 Å². The van der Waals surface area contributed by atoms with Crippen LogP contribution in [0.4, 0.5) is 22.0 Å². The molecule has 5 nitrogen and oxygen atoms in total. The predicted octanol–water partition coefficient (Wildman–Crippen LogP) is 9.43. The fourth-order valence-electron chi connectivity index (χ4n) is 8.98. The zero-order chi connectivity index (χ0) is 38.2. The molecule has 12 heteroatoms. The van der Waals surface area contributed by atoms with Crippen molar-refractivity contribution in [1.82, 2.24) is 0 Å². The van der Waals surface area contributed by atoms with Gasteiger partial charge in [0.05, 0.1) is 5.41 Å². The Morgan fingerprint density at radius 2 is 1.13 bits per heavy atom. The van der Waals surface area contributed by atoms with Gasteiger partial charge < -0.3 is 4.74 Å². The van der Waals surface area contributed by atoms with Crippen LogP contribution in [0.1, 0.15) is 79.1 Å². The van der Waals surface area contributed by atoms with Gasteiger partial charge in [-0.25, -0.2) is 0 Å². The molecule has 52 heavy (non-hydrogen) atoms. The summed E-state index contributed by atoms with van der Waals surface area (Å²) in [6, 6.07) is 32.3. The van der Waals surface area contributed by atoms with Crippen molar-refractivity contribution in [2.24, 2.45) is 34.5 Å². The standard InChI is InChI=1S/C22H33F5O5S.C18H15P/c1-5-16(18(2,3)4)12-20(21(23,24)25,22(26,27)33(29,30)31)32-17(28)19-9-13-6-14(10-19)8-15(7-13)11-19;1-4-10-16(11-5-1)19(17-12-6-2-7-13-17)18-14-8-3-9-15-18/h13-16H,5-12H2,1-4H3,(H,29,30,31);1-15H. The quantitative estimate of drug-likeness (QED) is 0.0963. The summed E-state index contributed by atoms with van der Waals surface area (Å²) in [5.74, 6) is -2.17. The Labute approximate surface area is 305 Å². The SMILES string of the molecule is CCC(CC(OC(=O)C12CC3CC(CC(C3)C1)C2)(C(F)(F)F)C(F)(F)S(=O)(=O)O)C(C)(C)C.c1ccc(P(c2ccccc2)c2ccccc2)cc1. The van der Waals surface area contributed by atoms with Gasteiger partial charge >= 0.3 is 27.5 Å². The molecule has 3 aromatic carbocycles. The highest BCUT2D eigenvalue weighted by molar-refractivity contribution is 7.87. The molecule has 4 fully saturated rings. The van der Waals surface area contributed by atoms with E-state index in [0.717, 1.165) is 19.3 Å². The molecule has 0 radical (unpaired) electrons. The Hall–Kier alpha value is -2.88. The van der Waals surface area contributed by atoms with E-state index in [9.17, 15) is 30.9 Å². The third-order valence-electron chi connectivity index (χ3n) is 11.3. The number of carbonyl (C=O) groups excluding carboxylic acids is 1. The van der Waals surface area contributed by atoms with Crippen molar-refractivity contribution in [3.63, 3.8) is 0 Å². The van der Waals surface area contributed by atoms with Gasteiger partial charge in [0.15, 0.2) is 0 Å². The normalized spacial score (nSPS) is 24.8. The van der Waals surface area contributed by atoms with Crippen molar-refractivity contribution in [3.05, 3.63) is 91.0 Å². The molecular formula is C40H48F5O5PS. The summed E-state index contributed by atoms with van der Waals surface area (Å²) < 4.78 is 111. The molecular weight excluding hydrogens is 718 g/mol. The Kier molecular flexibility index (Phi) is 11.7. The number of esters is 1. The Bertz CT molecular complexity index is 1640. The van der Waals surface area contributed by atoms with Crippen LogP contribution in [0.2, 0.25) is 0 Å². The van der Waals surface area contributed by atoms with Gasteiger partial charge in [0.2, 0.25) is 0 Å². The number of alkyl halides is 5. The van der Waals surface area contributed by atoms with Crippen molar-refractivity contribution >= 4 is 39.9 Å². The first-order valence-corrected chi connectivity index (χ1v) is 20.6. The molecule has 0 spiro atoms. The van der Waals surface area contributed by atoms with Crippen LogP contribution < -0.4 is 15.9 Å². The van der Waals surface area contributed by atoms with Crippen molar-refractivity contribution in [2.75, 3.05) is 0 Å². The van der Waals surface area contributed by atoms with Crippen molar-refractivity contribution in [2.45, 2.75) is 96.1 Å². The van der Waals surface area contributed by atoms with Gasteiger partial charge in [-0.05, 0) is 91.4 Å². The maximum Gasteiger partial charge on any atom is 0.435 e. The number of hydrogen-bond acceptors (Lipinski definition) is 4. The lowest BCUT2D eigenvalue weighted by molar-refractivity contribution is -0.327. The van der Waals surface area contributed by atoms with Gasteiger partial charge in [0, 0.05) is 6.42 Å². The van der Waals surface area contributed by atoms with E-state index < -0.39 is 64.2 Å². The molecule has 0 amide bonds. The first-order chi connectivity index (χ1) is 24.2. The second-order valence-electron chi connectivity index (χ2n) is 15.9. The average molecular weight is 767 g/mol. The highest BCUT2D eigenvalue weighted by Gasteiger charge is 2.79. The van der Waals surface area contributed by atoms with E-state index in [0.29, 0.717) is 0 Å². The highest BCUT2D eigenvalue weighted by Crippen LogP contribution is 2.62. The largest absolute Gasteiger partial charge is 0.441 e. The molecule has 0 heterocycles. The molecule has 0 saturated heterocycles. The zero-order valence-corrected chi connectivity index (χ0v) is 31.7. The minimum atomic E-state index is -6.57. The van der Waals surface area contributed by atoms with Gasteiger partial charge in [-0.15, -0.1) is 0 Å². The minimum Gasteiger partial charge on any atom is -0.441 e. The molecule has 2 atom stereocenters. The summed E-state index contributed by atoms with van der Waals surface area (Å²) in [7, 11) is -7.02. The van der Waals surface area contributed by atoms with Crippen LogP contribution in [0.3, 0.4) is 0 Å². The fourth-order valence-corrected chi connectivity index (χ4v) is 11.9. The number of ether oxygens (including phenoxy) is 1. The molecule has 2 unspecified atom stereocenters. The Morgan fingerprint density at radius 3 is 1.42 bits per heavy atom. The molecule has 4 saturated carbocycles. The lowest BCUT2D eigenvalue weighted by Crippen LogP contribution is -2.66. The van der Waals surface area contributed by atoms with Gasteiger partial charge in [0.1, 0.15) is 0 Å². The van der Waals surface area contributed by atoms with Crippen LogP contribution >= 0.6 is 7.92 Å². The second kappa shape index (κ2) is 15.1. The first kappa shape index (κ1) is 40.3. The average Bonchev–Trinajstić information content (AvgIpc) is 3.06. The third kappa shape index (κ3) is 8.12. The van der Waals surface area contributed by atoms with Gasteiger partial charge in [-0.1, -0.05) is 125 Å². The minimum absolute atomic E-state index is 0.00218. The summed E-state index contributed by atoms with van der Waals surface area (Å²) in [6.45, 7) is 6.10. The fraction of sp³-hybridized carbons (Fsp3) is 0.525. The highest BCUT2D eigenvalue weighted by atomic mass is 32.2. The molecule has 4 aliphatic rings. The van der Waals surface area contributed by atoms with Crippen molar-refractivity contribution < 1.29 is 44.5 Å². The van der Waals surface area contributed by atoms with Gasteiger partial charge in [0.25, 0.3) is 5.60 Å². The number of benzene rings is 3. The van der Waals surface area contributed by atoms with Crippen LogP contribution in [0.5, 0.6) is 0 Å². The lowest BCUT2D eigenvalue weighted by Gasteiger charge is -2.56. The summed E-state index contributed by atoms with van der Waals surface area (Å²) >= 11 is 0. The summed E-state index contributed by atoms with van der Waals surface area (Å²) in [4.78, 5) is 13.3. The van der Waals surface area contributed by atoms with E-state index >= 15 is 8.78 Å². The number of hydrogen-bond donors (Lipinski definition) is 1. The molecule has 4 aliphatic carbocycles. The van der Waals surface area contributed by atoms with Crippen molar-refractivity contribution in [3.8, 4) is 0 Å². The van der Waals surface area contributed by atoms with Crippen molar-refractivity contribution in [1.29, 1.82) is 0 Å². The number of halogens is 5. The van der Waals surface area contributed by atoms with E-state index in [4.69, 9.17) is 4.74 Å². The van der Waals surface area contributed by atoms with E-state index in [1.165, 1.54) is 43.6 Å². The summed E-state index contributed by atoms with van der Waals surface area (Å²) in [6.07, 6.45) is -4.15.